The molecule has 0 aliphatic carbocycles. The predicted octanol–water partition coefficient (Wildman–Crippen LogP) is 2.44. The third-order valence-electron chi connectivity index (χ3n) is 2.98. The highest BCUT2D eigenvalue weighted by atomic mass is 15.3. The van der Waals surface area contributed by atoms with Gasteiger partial charge in [-0.25, -0.2) is 0 Å². The fourth-order valence-corrected chi connectivity index (χ4v) is 1.95. The first-order valence-electron chi connectivity index (χ1n) is 6.20. The van der Waals surface area contributed by atoms with Crippen LogP contribution in [0.15, 0.2) is 0 Å². The quantitative estimate of drug-likeness (QED) is 0.833. The molecule has 0 bridgehead atoms. The second-order valence-electron chi connectivity index (χ2n) is 5.24. The van der Waals surface area contributed by atoms with E-state index in [1.807, 2.05) is 6.92 Å². The highest BCUT2D eigenvalue weighted by Crippen LogP contribution is 2.16. The van der Waals surface area contributed by atoms with Gasteiger partial charge in [-0.05, 0) is 45.1 Å². The first-order chi connectivity index (χ1) is 7.41. The predicted molar refractivity (Wildman–Crippen MR) is 68.5 cm³/mol. The normalized spacial score (nSPS) is 13.4. The summed E-state index contributed by atoms with van der Waals surface area (Å²) >= 11 is 0. The van der Waals surface area contributed by atoms with Crippen LogP contribution in [0.2, 0.25) is 0 Å². The van der Waals surface area contributed by atoms with Crippen molar-refractivity contribution in [3.63, 3.8) is 0 Å². The summed E-state index contributed by atoms with van der Waals surface area (Å²) in [7, 11) is 0. The summed E-state index contributed by atoms with van der Waals surface area (Å²) in [5.74, 6) is 0.723. The molecule has 92 valence electrons. The summed E-state index contributed by atoms with van der Waals surface area (Å²) in [6.45, 7) is 11.8. The molecule has 1 heterocycles. The molecule has 1 aromatic heterocycles. The molecule has 0 spiro atoms. The van der Waals surface area contributed by atoms with Gasteiger partial charge in [0.15, 0.2) is 0 Å². The molecular weight excluding hydrogens is 198 g/mol. The molecule has 0 fully saturated rings. The first-order valence-corrected chi connectivity index (χ1v) is 6.20. The topological polar surface area (TPSA) is 43.8 Å². The second kappa shape index (κ2) is 5.48. The van der Waals surface area contributed by atoms with Crippen molar-refractivity contribution in [1.82, 2.24) is 9.78 Å². The van der Waals surface area contributed by atoms with E-state index in [-0.39, 0.29) is 6.04 Å². The maximum Gasteiger partial charge on any atom is 0.0629 e. The molecule has 0 saturated carbocycles. The van der Waals surface area contributed by atoms with Gasteiger partial charge in [0.05, 0.1) is 5.69 Å². The van der Waals surface area contributed by atoms with Gasteiger partial charge in [0.25, 0.3) is 0 Å². The fraction of sp³-hybridized carbons (Fsp3) is 0.769. The molecule has 3 heteroatoms. The standard InChI is InChI=1S/C13H25N3/c1-9(2)6-7-16-12(5)13(8-10(3)14)11(4)15-16/h9-10H,6-8,14H2,1-5H3. The third-order valence-corrected chi connectivity index (χ3v) is 2.98. The summed E-state index contributed by atoms with van der Waals surface area (Å²) in [4.78, 5) is 0. The van der Waals surface area contributed by atoms with Crippen molar-refractivity contribution in [3.05, 3.63) is 17.0 Å². The minimum absolute atomic E-state index is 0.208. The lowest BCUT2D eigenvalue weighted by Gasteiger charge is -2.08. The van der Waals surface area contributed by atoms with E-state index in [1.165, 1.54) is 17.7 Å². The SMILES string of the molecule is Cc1nn(CCC(C)C)c(C)c1CC(C)N. The summed E-state index contributed by atoms with van der Waals surface area (Å²) in [5, 5.41) is 4.60. The van der Waals surface area contributed by atoms with Gasteiger partial charge in [-0.15, -0.1) is 0 Å². The Balaban J connectivity index is 2.80. The van der Waals surface area contributed by atoms with Crippen molar-refractivity contribution >= 4 is 0 Å². The largest absolute Gasteiger partial charge is 0.328 e. The molecule has 2 N–H and O–H groups in total. The smallest absolute Gasteiger partial charge is 0.0629 e. The Morgan fingerprint density at radius 2 is 1.88 bits per heavy atom. The Morgan fingerprint density at radius 3 is 2.38 bits per heavy atom. The molecular formula is C13H25N3. The molecule has 0 saturated heterocycles. The lowest BCUT2D eigenvalue weighted by atomic mass is 10.1. The van der Waals surface area contributed by atoms with Gasteiger partial charge >= 0.3 is 0 Å². The highest BCUT2D eigenvalue weighted by Gasteiger charge is 2.12. The van der Waals surface area contributed by atoms with Crippen molar-refractivity contribution in [2.45, 2.75) is 60.0 Å². The van der Waals surface area contributed by atoms with Crippen LogP contribution in [-0.2, 0) is 13.0 Å². The molecule has 1 unspecified atom stereocenters. The lowest BCUT2D eigenvalue weighted by Crippen LogP contribution is -2.18. The molecule has 16 heavy (non-hydrogen) atoms. The zero-order chi connectivity index (χ0) is 12.3. The van der Waals surface area contributed by atoms with Crippen LogP contribution < -0.4 is 5.73 Å². The monoisotopic (exact) mass is 223 g/mol. The molecule has 3 nitrogen and oxygen atoms in total. The van der Waals surface area contributed by atoms with Crippen LogP contribution in [0.25, 0.3) is 0 Å². The molecule has 1 rings (SSSR count). The highest BCUT2D eigenvalue weighted by molar-refractivity contribution is 5.25. The Labute approximate surface area is 99.0 Å². The minimum atomic E-state index is 0.208. The van der Waals surface area contributed by atoms with Gasteiger partial charge in [-0.3, -0.25) is 4.68 Å². The van der Waals surface area contributed by atoms with Crippen LogP contribution in [-0.4, -0.2) is 15.8 Å². The molecule has 1 atom stereocenters. The Kier molecular flexibility index (Phi) is 4.54. The van der Waals surface area contributed by atoms with E-state index in [4.69, 9.17) is 5.73 Å². The number of aromatic nitrogens is 2. The number of hydrogen-bond acceptors (Lipinski definition) is 2. The average molecular weight is 223 g/mol. The number of nitrogens with two attached hydrogens (primary N) is 1. The third kappa shape index (κ3) is 3.34. The van der Waals surface area contributed by atoms with Crippen LogP contribution in [0.3, 0.4) is 0 Å². The molecule has 0 aliphatic heterocycles. The van der Waals surface area contributed by atoms with Crippen LogP contribution in [0.5, 0.6) is 0 Å². The van der Waals surface area contributed by atoms with Crippen molar-refractivity contribution in [1.29, 1.82) is 0 Å². The molecule has 1 aromatic rings. The van der Waals surface area contributed by atoms with Gasteiger partial charge < -0.3 is 5.73 Å². The molecule has 0 aromatic carbocycles. The summed E-state index contributed by atoms with van der Waals surface area (Å²) in [6.07, 6.45) is 2.11. The second-order valence-corrected chi connectivity index (χ2v) is 5.24. The van der Waals surface area contributed by atoms with Crippen LogP contribution in [0, 0.1) is 19.8 Å². The summed E-state index contributed by atoms with van der Waals surface area (Å²) in [6, 6.07) is 0.208. The van der Waals surface area contributed by atoms with Crippen molar-refractivity contribution in [3.8, 4) is 0 Å². The first kappa shape index (κ1) is 13.2. The number of hydrogen-bond donors (Lipinski definition) is 1. The zero-order valence-corrected chi connectivity index (χ0v) is 11.2. The Hall–Kier alpha value is -0.830. The minimum Gasteiger partial charge on any atom is -0.328 e. The fourth-order valence-electron chi connectivity index (χ4n) is 1.95. The van der Waals surface area contributed by atoms with E-state index >= 15 is 0 Å². The number of rotatable bonds is 5. The van der Waals surface area contributed by atoms with Crippen LogP contribution in [0.1, 0.15) is 44.1 Å². The Bertz CT molecular complexity index is 337. The van der Waals surface area contributed by atoms with E-state index < -0.39 is 0 Å². The van der Waals surface area contributed by atoms with Crippen LogP contribution >= 0.6 is 0 Å². The van der Waals surface area contributed by atoms with Gasteiger partial charge in [-0.2, -0.15) is 5.10 Å². The van der Waals surface area contributed by atoms with E-state index in [0.29, 0.717) is 0 Å². The van der Waals surface area contributed by atoms with E-state index in [0.717, 1.165) is 24.6 Å². The van der Waals surface area contributed by atoms with Gasteiger partial charge in [0.1, 0.15) is 0 Å². The van der Waals surface area contributed by atoms with Crippen molar-refractivity contribution in [2.75, 3.05) is 0 Å². The van der Waals surface area contributed by atoms with Crippen LogP contribution in [0.4, 0.5) is 0 Å². The molecule has 0 radical (unpaired) electrons. The maximum atomic E-state index is 5.86. The summed E-state index contributed by atoms with van der Waals surface area (Å²) in [5.41, 5.74) is 9.61. The maximum absolute atomic E-state index is 5.86. The summed E-state index contributed by atoms with van der Waals surface area (Å²) < 4.78 is 2.13. The number of aryl methyl sites for hydroxylation is 2. The van der Waals surface area contributed by atoms with Gasteiger partial charge in [0, 0.05) is 18.3 Å². The van der Waals surface area contributed by atoms with E-state index in [1.54, 1.807) is 0 Å². The zero-order valence-electron chi connectivity index (χ0n) is 11.2. The Morgan fingerprint density at radius 1 is 1.25 bits per heavy atom. The van der Waals surface area contributed by atoms with Crippen molar-refractivity contribution in [2.24, 2.45) is 11.7 Å². The molecule has 0 amide bonds. The number of nitrogens with zero attached hydrogens (tertiary/aromatic N) is 2. The average Bonchev–Trinajstić information content (AvgIpc) is 2.42. The van der Waals surface area contributed by atoms with E-state index in [2.05, 4.69) is 37.5 Å². The van der Waals surface area contributed by atoms with Gasteiger partial charge in [0.2, 0.25) is 0 Å². The van der Waals surface area contributed by atoms with Gasteiger partial charge in [-0.1, -0.05) is 13.8 Å². The van der Waals surface area contributed by atoms with E-state index in [9.17, 15) is 0 Å². The molecule has 0 aliphatic rings. The van der Waals surface area contributed by atoms with Crippen molar-refractivity contribution < 1.29 is 0 Å². The lowest BCUT2D eigenvalue weighted by molar-refractivity contribution is 0.478.